The number of aryl methyl sites for hydroxylation is 4. The maximum atomic E-state index is 2.46. The summed E-state index contributed by atoms with van der Waals surface area (Å²) < 4.78 is 0. The van der Waals surface area contributed by atoms with Crippen molar-refractivity contribution in [2.75, 3.05) is 28.2 Å². The van der Waals surface area contributed by atoms with Crippen LogP contribution in [0, 0.1) is 39.5 Å². The molecule has 0 N–H and O–H groups in total. The first kappa shape index (κ1) is 47.1. The van der Waals surface area contributed by atoms with Crippen molar-refractivity contribution in [2.24, 2.45) is 11.8 Å². The molecule has 0 bridgehead atoms. The maximum Gasteiger partial charge on any atom is 0.0376 e. The van der Waals surface area contributed by atoms with Crippen LogP contribution in [0.3, 0.4) is 0 Å². The number of rotatable bonds is 12. The Morgan fingerprint density at radius 1 is 0.377 bits per heavy atom. The van der Waals surface area contributed by atoms with Gasteiger partial charge in [0.15, 0.2) is 0 Å². The maximum absolute atomic E-state index is 2.46. The molecule has 0 spiro atoms. The molecule has 0 heterocycles. The van der Waals surface area contributed by atoms with Crippen LogP contribution in [0.15, 0.2) is 158 Å². The average Bonchev–Trinajstić information content (AvgIpc) is 3.92. The summed E-state index contributed by atoms with van der Waals surface area (Å²) in [5, 5.41) is 6.29. The molecule has 0 amide bonds. The molecule has 6 aromatic rings. The van der Waals surface area contributed by atoms with Gasteiger partial charge in [0.05, 0.1) is 0 Å². The minimum Gasteiger partial charge on any atom is -0.302 e. The van der Waals surface area contributed by atoms with Crippen LogP contribution in [0.1, 0.15) is 84.0 Å². The Balaban J connectivity index is 0.000000201. The van der Waals surface area contributed by atoms with Gasteiger partial charge in [-0.2, -0.15) is 0 Å². The molecule has 5 heteroatoms. The number of hydrogen-bond donors (Lipinski definition) is 0. The molecule has 6 atom stereocenters. The van der Waals surface area contributed by atoms with Crippen molar-refractivity contribution in [3.63, 3.8) is 0 Å². The first-order valence-corrected chi connectivity index (χ1v) is 25.2. The van der Waals surface area contributed by atoms with Crippen molar-refractivity contribution in [1.82, 2.24) is 9.80 Å². The van der Waals surface area contributed by atoms with Crippen molar-refractivity contribution in [2.45, 2.75) is 89.6 Å². The van der Waals surface area contributed by atoms with E-state index in [0.29, 0.717) is 35.2 Å². The SMILES string of the molecule is Cc1ccccc1P(c1ccccc1C)C1CCCC1[C@@H](c1ccccc1)N(C)C.Cc1ccccc1P(c1ccccc1C)C1CCCC1[C@@H](c1ccccc1)N(C)C.[Fe]. The number of nitrogens with zero attached hydrogens (tertiary/aromatic N) is 2. The second-order valence-electron chi connectivity index (χ2n) is 17.8. The molecule has 0 radical (unpaired) electrons. The Kier molecular flexibility index (Phi) is 17.2. The molecule has 2 aliphatic carbocycles. The van der Waals surface area contributed by atoms with Gasteiger partial charge in [-0.3, -0.25) is 0 Å². The topological polar surface area (TPSA) is 6.48 Å². The van der Waals surface area contributed by atoms with Gasteiger partial charge >= 0.3 is 0 Å². The molecule has 61 heavy (non-hydrogen) atoms. The van der Waals surface area contributed by atoms with E-state index in [1.165, 1.54) is 71.9 Å². The van der Waals surface area contributed by atoms with Crippen LogP contribution in [-0.2, 0) is 17.1 Å². The predicted octanol–water partition coefficient (Wildman–Crippen LogP) is 12.4. The zero-order valence-corrected chi connectivity index (χ0v) is 40.8. The zero-order chi connectivity index (χ0) is 42.2. The summed E-state index contributed by atoms with van der Waals surface area (Å²) in [6.45, 7) is 9.20. The van der Waals surface area contributed by atoms with Crippen molar-refractivity contribution < 1.29 is 17.1 Å². The Labute approximate surface area is 382 Å². The van der Waals surface area contributed by atoms with E-state index in [0.717, 1.165) is 0 Å². The smallest absolute Gasteiger partial charge is 0.0376 e. The molecular weight excluding hydrogens is 818 g/mol. The van der Waals surface area contributed by atoms with E-state index < -0.39 is 15.8 Å². The minimum absolute atomic E-state index is 0. The normalized spacial score (nSPS) is 19.7. The van der Waals surface area contributed by atoms with Crippen molar-refractivity contribution in [3.05, 3.63) is 191 Å². The number of hydrogen-bond acceptors (Lipinski definition) is 2. The van der Waals surface area contributed by atoms with E-state index in [9.17, 15) is 0 Å². The third-order valence-electron chi connectivity index (χ3n) is 13.4. The van der Waals surface area contributed by atoms with Crippen LogP contribution in [0.2, 0.25) is 0 Å². The van der Waals surface area contributed by atoms with Crippen LogP contribution in [0.25, 0.3) is 0 Å². The summed E-state index contributed by atoms with van der Waals surface area (Å²) in [5.41, 5.74) is 10.1. The molecule has 6 aromatic carbocycles. The second-order valence-corrected chi connectivity index (χ2v) is 22.6. The van der Waals surface area contributed by atoms with Gasteiger partial charge in [-0.05, 0) is 175 Å². The van der Waals surface area contributed by atoms with Gasteiger partial charge < -0.3 is 9.80 Å². The van der Waals surface area contributed by atoms with Gasteiger partial charge in [-0.1, -0.05) is 171 Å². The van der Waals surface area contributed by atoms with E-state index in [1.807, 2.05) is 0 Å². The monoisotopic (exact) mass is 886 g/mol. The predicted molar refractivity (Wildman–Crippen MR) is 265 cm³/mol. The van der Waals surface area contributed by atoms with Gasteiger partial charge in [-0.15, -0.1) is 0 Å². The molecule has 0 saturated heterocycles. The summed E-state index contributed by atoms with van der Waals surface area (Å²) in [6, 6.07) is 59.8. The molecule has 2 fully saturated rings. The molecule has 0 aliphatic heterocycles. The van der Waals surface area contributed by atoms with Crippen LogP contribution < -0.4 is 21.2 Å². The Morgan fingerprint density at radius 2 is 0.639 bits per heavy atom. The van der Waals surface area contributed by atoms with Crippen LogP contribution in [0.4, 0.5) is 0 Å². The van der Waals surface area contributed by atoms with E-state index in [1.54, 1.807) is 21.2 Å². The molecule has 2 saturated carbocycles. The van der Waals surface area contributed by atoms with E-state index in [2.05, 4.69) is 223 Å². The first-order valence-electron chi connectivity index (χ1n) is 22.4. The standard InChI is InChI=1S/2C28H34NP.Fe/c2*1-21-13-8-10-18-25(21)30(26-19-11-9-14-22(26)2)27-20-12-17-24(27)28(29(3)4)23-15-6-5-7-16-23;/h2*5-11,13-16,18-19,24,27-28H,12,17,20H2,1-4H3;/t2*24?,27?,28-;/m11./s1. The van der Waals surface area contributed by atoms with Crippen molar-refractivity contribution in [1.29, 1.82) is 0 Å². The first-order chi connectivity index (χ1) is 29.2. The van der Waals surface area contributed by atoms with Crippen LogP contribution >= 0.6 is 15.8 Å². The summed E-state index contributed by atoms with van der Waals surface area (Å²) in [5.74, 6) is 1.35. The fourth-order valence-electron chi connectivity index (χ4n) is 10.8. The van der Waals surface area contributed by atoms with E-state index >= 15 is 0 Å². The minimum atomic E-state index is -0.407. The third-order valence-corrected chi connectivity index (χ3v) is 20.1. The van der Waals surface area contributed by atoms with Gasteiger partial charge in [0.25, 0.3) is 0 Å². The summed E-state index contributed by atoms with van der Waals surface area (Å²) >= 11 is 0. The largest absolute Gasteiger partial charge is 0.302 e. The summed E-state index contributed by atoms with van der Waals surface area (Å²) in [4.78, 5) is 4.92. The summed E-state index contributed by atoms with van der Waals surface area (Å²) in [6.07, 6.45) is 7.97. The Morgan fingerprint density at radius 3 is 0.902 bits per heavy atom. The fourth-order valence-corrected chi connectivity index (χ4v) is 17.8. The van der Waals surface area contributed by atoms with E-state index in [-0.39, 0.29) is 17.1 Å². The quantitative estimate of drug-likeness (QED) is 0.0892. The molecule has 320 valence electrons. The van der Waals surface area contributed by atoms with Crippen molar-refractivity contribution in [3.8, 4) is 0 Å². The number of benzene rings is 6. The van der Waals surface area contributed by atoms with Gasteiger partial charge in [0, 0.05) is 29.2 Å². The zero-order valence-electron chi connectivity index (χ0n) is 37.9. The Hall–Kier alpha value is -3.38. The average molecular weight is 887 g/mol. The second kappa shape index (κ2) is 22.3. The third kappa shape index (κ3) is 10.9. The molecule has 0 aromatic heterocycles. The molecular formula is C56H68FeN2P2. The van der Waals surface area contributed by atoms with Gasteiger partial charge in [-0.25, -0.2) is 0 Å². The van der Waals surface area contributed by atoms with Gasteiger partial charge in [0.2, 0.25) is 0 Å². The van der Waals surface area contributed by atoms with E-state index in [4.69, 9.17) is 0 Å². The molecule has 2 aliphatic rings. The Bertz CT molecular complexity index is 2010. The van der Waals surface area contributed by atoms with Gasteiger partial charge in [0.1, 0.15) is 0 Å². The van der Waals surface area contributed by atoms with Crippen LogP contribution in [0.5, 0.6) is 0 Å². The fraction of sp³-hybridized carbons (Fsp3) is 0.357. The molecule has 4 unspecified atom stereocenters. The molecule has 2 nitrogen and oxygen atoms in total. The molecule has 8 rings (SSSR count). The summed E-state index contributed by atoms with van der Waals surface area (Å²) in [7, 11) is 8.23. The van der Waals surface area contributed by atoms with Crippen molar-refractivity contribution >= 4 is 37.1 Å². The van der Waals surface area contributed by atoms with Crippen LogP contribution in [-0.4, -0.2) is 49.3 Å².